The standard InChI is InChI=1S/C20H22N6O4/c1-12-16(13(2)26-20(24-12)22-11-23-26)7-8-18(28)30-10-17(27)25-15-6-4-5-14(9-15)19(29)21-3/h4-6,9,11H,7-8,10H2,1-3H3,(H,21,29)(H,25,27). The molecule has 2 amide bonds. The lowest BCUT2D eigenvalue weighted by molar-refractivity contribution is -0.147. The molecule has 10 nitrogen and oxygen atoms in total. The van der Waals surface area contributed by atoms with Crippen LogP contribution in [-0.2, 0) is 20.7 Å². The molecule has 156 valence electrons. The number of aryl methyl sites for hydroxylation is 2. The van der Waals surface area contributed by atoms with Crippen molar-refractivity contribution in [1.29, 1.82) is 0 Å². The quantitative estimate of drug-likeness (QED) is 0.561. The molecule has 2 aromatic heterocycles. The van der Waals surface area contributed by atoms with Gasteiger partial charge in [-0.15, -0.1) is 0 Å². The van der Waals surface area contributed by atoms with Gasteiger partial charge in [-0.2, -0.15) is 10.1 Å². The minimum Gasteiger partial charge on any atom is -0.456 e. The molecule has 10 heteroatoms. The van der Waals surface area contributed by atoms with Crippen LogP contribution in [0.2, 0.25) is 0 Å². The number of fused-ring (bicyclic) bond motifs is 1. The summed E-state index contributed by atoms with van der Waals surface area (Å²) in [5.74, 6) is -0.743. The third-order valence-electron chi connectivity index (χ3n) is 4.57. The molecular weight excluding hydrogens is 388 g/mol. The SMILES string of the molecule is CNC(=O)c1cccc(NC(=O)COC(=O)CCc2c(C)nc3ncnn3c2C)c1. The van der Waals surface area contributed by atoms with E-state index in [1.54, 1.807) is 22.7 Å². The average Bonchev–Trinajstić information content (AvgIpc) is 3.20. The molecule has 30 heavy (non-hydrogen) atoms. The minimum absolute atomic E-state index is 0.100. The zero-order chi connectivity index (χ0) is 21.7. The highest BCUT2D eigenvalue weighted by Gasteiger charge is 2.14. The molecule has 0 aliphatic heterocycles. The number of hydrogen-bond acceptors (Lipinski definition) is 7. The Hall–Kier alpha value is -3.82. The van der Waals surface area contributed by atoms with E-state index >= 15 is 0 Å². The maximum Gasteiger partial charge on any atom is 0.306 e. The van der Waals surface area contributed by atoms with Gasteiger partial charge in [0.2, 0.25) is 0 Å². The van der Waals surface area contributed by atoms with Crippen LogP contribution in [0.5, 0.6) is 0 Å². The number of hydrogen-bond donors (Lipinski definition) is 2. The normalized spacial score (nSPS) is 10.6. The van der Waals surface area contributed by atoms with Crippen LogP contribution in [0.3, 0.4) is 0 Å². The molecule has 0 bridgehead atoms. The highest BCUT2D eigenvalue weighted by Crippen LogP contribution is 2.15. The highest BCUT2D eigenvalue weighted by atomic mass is 16.5. The lowest BCUT2D eigenvalue weighted by Gasteiger charge is -2.10. The van der Waals surface area contributed by atoms with Crippen molar-refractivity contribution < 1.29 is 19.1 Å². The summed E-state index contributed by atoms with van der Waals surface area (Å²) >= 11 is 0. The fourth-order valence-electron chi connectivity index (χ4n) is 3.04. The Labute approximate surface area is 172 Å². The number of benzene rings is 1. The van der Waals surface area contributed by atoms with Crippen molar-refractivity contribution in [3.8, 4) is 0 Å². The summed E-state index contributed by atoms with van der Waals surface area (Å²) in [4.78, 5) is 44.2. The van der Waals surface area contributed by atoms with E-state index in [0.717, 1.165) is 17.0 Å². The van der Waals surface area contributed by atoms with Crippen LogP contribution in [-0.4, -0.2) is 51.0 Å². The van der Waals surface area contributed by atoms with Gasteiger partial charge in [-0.3, -0.25) is 14.4 Å². The maximum atomic E-state index is 12.1. The van der Waals surface area contributed by atoms with E-state index in [4.69, 9.17) is 4.74 Å². The maximum absolute atomic E-state index is 12.1. The summed E-state index contributed by atoms with van der Waals surface area (Å²) in [7, 11) is 1.52. The van der Waals surface area contributed by atoms with Crippen LogP contribution in [0.1, 0.15) is 33.7 Å². The molecule has 3 rings (SSSR count). The number of amides is 2. The van der Waals surface area contributed by atoms with Crippen molar-refractivity contribution in [1.82, 2.24) is 24.9 Å². The van der Waals surface area contributed by atoms with Crippen molar-refractivity contribution in [3.05, 3.63) is 53.1 Å². The van der Waals surface area contributed by atoms with E-state index in [1.165, 1.54) is 19.4 Å². The molecule has 0 atom stereocenters. The van der Waals surface area contributed by atoms with Gasteiger partial charge in [0.25, 0.3) is 17.6 Å². The summed E-state index contributed by atoms with van der Waals surface area (Å²) in [6.07, 6.45) is 1.94. The van der Waals surface area contributed by atoms with Crippen molar-refractivity contribution in [3.63, 3.8) is 0 Å². The van der Waals surface area contributed by atoms with E-state index in [0.29, 0.717) is 23.4 Å². The monoisotopic (exact) mass is 410 g/mol. The Morgan fingerprint density at radius 3 is 2.77 bits per heavy atom. The van der Waals surface area contributed by atoms with Gasteiger partial charge in [-0.05, 0) is 44.0 Å². The number of ether oxygens (including phenoxy) is 1. The highest BCUT2D eigenvalue weighted by molar-refractivity contribution is 5.97. The molecule has 2 heterocycles. The van der Waals surface area contributed by atoms with Crippen molar-refractivity contribution in [2.75, 3.05) is 19.0 Å². The first-order valence-electron chi connectivity index (χ1n) is 9.32. The molecule has 1 aromatic carbocycles. The van der Waals surface area contributed by atoms with Crippen LogP contribution >= 0.6 is 0 Å². The Morgan fingerprint density at radius 2 is 2.00 bits per heavy atom. The summed E-state index contributed by atoms with van der Waals surface area (Å²) in [6.45, 7) is 3.32. The summed E-state index contributed by atoms with van der Waals surface area (Å²) in [6, 6.07) is 6.46. The number of nitrogens with zero attached hydrogens (tertiary/aromatic N) is 4. The smallest absolute Gasteiger partial charge is 0.306 e. The molecule has 2 N–H and O–H groups in total. The first-order chi connectivity index (χ1) is 14.4. The average molecular weight is 410 g/mol. The molecule has 0 spiro atoms. The van der Waals surface area contributed by atoms with E-state index in [2.05, 4.69) is 25.7 Å². The fourth-order valence-corrected chi connectivity index (χ4v) is 3.04. The van der Waals surface area contributed by atoms with E-state index in [-0.39, 0.29) is 12.3 Å². The lowest BCUT2D eigenvalue weighted by atomic mass is 10.1. The van der Waals surface area contributed by atoms with Gasteiger partial charge in [0.15, 0.2) is 6.61 Å². The van der Waals surface area contributed by atoms with Crippen LogP contribution in [0.15, 0.2) is 30.6 Å². The Morgan fingerprint density at radius 1 is 1.20 bits per heavy atom. The van der Waals surface area contributed by atoms with Gasteiger partial charge in [0.05, 0.1) is 0 Å². The third-order valence-corrected chi connectivity index (χ3v) is 4.57. The zero-order valence-corrected chi connectivity index (χ0v) is 16.9. The van der Waals surface area contributed by atoms with Crippen LogP contribution in [0.4, 0.5) is 5.69 Å². The second-order valence-electron chi connectivity index (χ2n) is 6.60. The van der Waals surface area contributed by atoms with Crippen LogP contribution < -0.4 is 10.6 Å². The van der Waals surface area contributed by atoms with Gasteiger partial charge >= 0.3 is 5.97 Å². The number of anilines is 1. The number of nitrogens with one attached hydrogen (secondary N) is 2. The Bertz CT molecular complexity index is 1110. The first kappa shape index (κ1) is 20.9. The zero-order valence-electron chi connectivity index (χ0n) is 16.9. The molecular formula is C20H22N6O4. The third kappa shape index (κ3) is 4.77. The van der Waals surface area contributed by atoms with E-state index < -0.39 is 18.5 Å². The number of esters is 1. The number of aromatic nitrogens is 4. The van der Waals surface area contributed by atoms with Crippen LogP contribution in [0, 0.1) is 13.8 Å². The fraction of sp³-hybridized carbons (Fsp3) is 0.300. The molecule has 0 aliphatic rings. The lowest BCUT2D eigenvalue weighted by Crippen LogP contribution is -2.22. The molecule has 0 aliphatic carbocycles. The number of rotatable bonds is 7. The Kier molecular flexibility index (Phi) is 6.35. The molecule has 0 saturated carbocycles. The molecule has 0 saturated heterocycles. The largest absolute Gasteiger partial charge is 0.456 e. The summed E-state index contributed by atoms with van der Waals surface area (Å²) in [5, 5.41) is 9.23. The molecule has 0 radical (unpaired) electrons. The summed E-state index contributed by atoms with van der Waals surface area (Å²) in [5.41, 5.74) is 3.37. The predicted octanol–water partition coefficient (Wildman–Crippen LogP) is 1.22. The van der Waals surface area contributed by atoms with E-state index in [1.807, 2.05) is 13.8 Å². The van der Waals surface area contributed by atoms with Crippen molar-refractivity contribution >= 4 is 29.2 Å². The Balaban J connectivity index is 1.51. The second-order valence-corrected chi connectivity index (χ2v) is 6.60. The van der Waals surface area contributed by atoms with Crippen molar-refractivity contribution in [2.24, 2.45) is 0 Å². The molecule has 3 aromatic rings. The van der Waals surface area contributed by atoms with Gasteiger partial charge in [-0.1, -0.05) is 6.07 Å². The second kappa shape index (κ2) is 9.12. The topological polar surface area (TPSA) is 128 Å². The number of carbonyl (C=O) groups excluding carboxylic acids is 3. The van der Waals surface area contributed by atoms with Gasteiger partial charge < -0.3 is 15.4 Å². The molecule has 0 fully saturated rings. The van der Waals surface area contributed by atoms with E-state index in [9.17, 15) is 14.4 Å². The molecule has 0 unspecified atom stereocenters. The van der Waals surface area contributed by atoms with Gasteiger partial charge in [0.1, 0.15) is 6.33 Å². The van der Waals surface area contributed by atoms with Gasteiger partial charge in [-0.25, -0.2) is 9.50 Å². The summed E-state index contributed by atoms with van der Waals surface area (Å²) < 4.78 is 6.68. The first-order valence-corrected chi connectivity index (χ1v) is 9.32. The minimum atomic E-state index is -0.498. The predicted molar refractivity (Wildman–Crippen MR) is 108 cm³/mol. The van der Waals surface area contributed by atoms with Crippen LogP contribution in [0.25, 0.3) is 5.78 Å². The van der Waals surface area contributed by atoms with Crippen molar-refractivity contribution in [2.45, 2.75) is 26.7 Å². The van der Waals surface area contributed by atoms with Gasteiger partial charge in [0, 0.05) is 36.1 Å². The number of carbonyl (C=O) groups is 3.